The van der Waals surface area contributed by atoms with Crippen LogP contribution in [0.5, 0.6) is 5.75 Å². The van der Waals surface area contributed by atoms with Gasteiger partial charge in [-0.1, -0.05) is 43.6 Å². The van der Waals surface area contributed by atoms with Crippen molar-refractivity contribution in [2.75, 3.05) is 13.2 Å². The minimum atomic E-state index is -1.07. The molecule has 6 rings (SSSR count). The fourth-order valence-corrected chi connectivity index (χ4v) is 5.75. The molecule has 1 saturated heterocycles. The molecule has 1 aliphatic rings. The fraction of sp³-hybridized carbons (Fsp3) is 0.235. The molecule has 44 heavy (non-hydrogen) atoms. The van der Waals surface area contributed by atoms with Crippen LogP contribution in [0.15, 0.2) is 72.8 Å². The molecular formula is C34H28ClF3N2O4. The third-order valence-electron chi connectivity index (χ3n) is 8.01. The van der Waals surface area contributed by atoms with E-state index in [1.807, 2.05) is 18.4 Å². The quantitative estimate of drug-likeness (QED) is 0.189. The highest BCUT2D eigenvalue weighted by molar-refractivity contribution is 6.30. The molecule has 5 aromatic rings. The topological polar surface area (TPSA) is 73.6 Å². The number of rotatable bonds is 8. The average molecular weight is 621 g/mol. The van der Waals surface area contributed by atoms with E-state index in [9.17, 15) is 14.3 Å². The fourth-order valence-electron chi connectivity index (χ4n) is 5.60. The van der Waals surface area contributed by atoms with Gasteiger partial charge in [-0.25, -0.2) is 22.9 Å². The Kier molecular flexibility index (Phi) is 7.86. The highest BCUT2D eigenvalue weighted by Crippen LogP contribution is 2.41. The molecule has 0 aliphatic carbocycles. The second kappa shape index (κ2) is 11.6. The third-order valence-corrected chi connectivity index (χ3v) is 8.25. The molecule has 0 radical (unpaired) electrons. The van der Waals surface area contributed by atoms with Crippen molar-refractivity contribution in [2.24, 2.45) is 5.41 Å². The van der Waals surface area contributed by atoms with Crippen LogP contribution >= 0.6 is 11.6 Å². The van der Waals surface area contributed by atoms with Crippen LogP contribution in [0.4, 0.5) is 13.2 Å². The Morgan fingerprint density at radius 3 is 2.55 bits per heavy atom. The number of carbonyl (C=O) groups is 1. The van der Waals surface area contributed by atoms with E-state index in [0.717, 1.165) is 12.1 Å². The Morgan fingerprint density at radius 1 is 1.02 bits per heavy atom. The number of fused-ring (bicyclic) bond motifs is 1. The summed E-state index contributed by atoms with van der Waals surface area (Å²) in [6.45, 7) is 4.88. The first kappa shape index (κ1) is 29.7. The highest BCUT2D eigenvalue weighted by atomic mass is 35.5. The predicted octanol–water partition coefficient (Wildman–Crippen LogP) is 8.24. The van der Waals surface area contributed by atoms with E-state index in [0.29, 0.717) is 46.9 Å². The van der Waals surface area contributed by atoms with E-state index in [2.05, 4.69) is 0 Å². The molecule has 4 aromatic carbocycles. The number of ether oxygens (including phenoxy) is 2. The minimum Gasteiger partial charge on any atom is -0.489 e. The van der Waals surface area contributed by atoms with E-state index in [-0.39, 0.29) is 46.2 Å². The Labute approximate surface area is 256 Å². The summed E-state index contributed by atoms with van der Waals surface area (Å²) >= 11 is 5.81. The molecule has 1 aliphatic heterocycles. The van der Waals surface area contributed by atoms with E-state index in [1.165, 1.54) is 18.2 Å². The summed E-state index contributed by atoms with van der Waals surface area (Å²) < 4.78 is 58.8. The summed E-state index contributed by atoms with van der Waals surface area (Å²) in [5.41, 5.74) is 1.79. The zero-order chi connectivity index (χ0) is 31.2. The van der Waals surface area contributed by atoms with Crippen molar-refractivity contribution in [3.8, 4) is 16.9 Å². The summed E-state index contributed by atoms with van der Waals surface area (Å²) in [7, 11) is 0. The van der Waals surface area contributed by atoms with Crippen molar-refractivity contribution in [2.45, 2.75) is 32.9 Å². The molecule has 0 saturated carbocycles. The van der Waals surface area contributed by atoms with Gasteiger partial charge in [0.2, 0.25) is 0 Å². The monoisotopic (exact) mass is 620 g/mol. The van der Waals surface area contributed by atoms with E-state index < -0.39 is 23.4 Å². The standard InChI is InChI=1S/C34H28ClF3N2O4/c1-34(2)18-43-17-31(34)40-30-12-20(33(41)42)7-9-29(30)39-32(40)13-22-11-28(38)25(15-27(22)37)19-4-3-5-24(10-19)44-16-21-6-8-23(35)14-26(21)36/h3-12,14-15,31H,13,16-18H2,1-2H3,(H,41,42)/t31-/m1/s1. The Morgan fingerprint density at radius 2 is 1.82 bits per heavy atom. The van der Waals surface area contributed by atoms with Gasteiger partial charge >= 0.3 is 5.97 Å². The zero-order valence-electron chi connectivity index (χ0n) is 23.9. The number of carboxylic acids is 1. The smallest absolute Gasteiger partial charge is 0.335 e. The van der Waals surface area contributed by atoms with Gasteiger partial charge in [0.15, 0.2) is 0 Å². The van der Waals surface area contributed by atoms with Crippen LogP contribution < -0.4 is 4.74 Å². The van der Waals surface area contributed by atoms with Crippen molar-refractivity contribution in [3.63, 3.8) is 0 Å². The van der Waals surface area contributed by atoms with E-state index in [1.54, 1.807) is 42.5 Å². The molecule has 1 aromatic heterocycles. The lowest BCUT2D eigenvalue weighted by atomic mass is 9.87. The van der Waals surface area contributed by atoms with Crippen LogP contribution in [-0.4, -0.2) is 33.8 Å². The molecule has 0 bridgehead atoms. The summed E-state index contributed by atoms with van der Waals surface area (Å²) in [5.74, 6) is -2.00. The highest BCUT2D eigenvalue weighted by Gasteiger charge is 2.39. The van der Waals surface area contributed by atoms with Crippen molar-refractivity contribution >= 4 is 28.6 Å². The SMILES string of the molecule is CC1(C)COC[C@H]1n1c(Cc2cc(F)c(-c3cccc(OCc4ccc(Cl)cc4F)c3)cc2F)nc2ccc(C(=O)O)cc21. The molecule has 0 spiro atoms. The Hall–Kier alpha value is -4.34. The molecule has 1 fully saturated rings. The number of nitrogens with zero attached hydrogens (tertiary/aromatic N) is 2. The number of carboxylic acid groups (broad SMARTS) is 1. The van der Waals surface area contributed by atoms with Crippen LogP contribution in [0.1, 0.15) is 47.2 Å². The van der Waals surface area contributed by atoms with Crippen LogP contribution in [0.3, 0.4) is 0 Å². The van der Waals surface area contributed by atoms with Gasteiger partial charge in [0, 0.05) is 28.0 Å². The maximum Gasteiger partial charge on any atom is 0.335 e. The average Bonchev–Trinajstić information content (AvgIpc) is 3.51. The van der Waals surface area contributed by atoms with Gasteiger partial charge in [0.1, 0.15) is 35.6 Å². The second-order valence-electron chi connectivity index (χ2n) is 11.6. The number of hydrogen-bond acceptors (Lipinski definition) is 4. The lowest BCUT2D eigenvalue weighted by Gasteiger charge is -2.28. The summed E-state index contributed by atoms with van der Waals surface area (Å²) in [6.07, 6.45) is -0.0253. The molecular weight excluding hydrogens is 593 g/mol. The maximum atomic E-state index is 15.6. The largest absolute Gasteiger partial charge is 0.489 e. The predicted molar refractivity (Wildman–Crippen MR) is 161 cm³/mol. The Bertz CT molecular complexity index is 1910. The first-order chi connectivity index (χ1) is 21.0. The van der Waals surface area contributed by atoms with E-state index in [4.69, 9.17) is 26.1 Å². The first-order valence-electron chi connectivity index (χ1n) is 14.0. The molecule has 10 heteroatoms. The number of aromatic carboxylic acids is 1. The van der Waals surface area contributed by atoms with Crippen molar-refractivity contribution < 1.29 is 32.5 Å². The Balaban J connectivity index is 1.31. The van der Waals surface area contributed by atoms with Gasteiger partial charge in [-0.3, -0.25) is 0 Å². The van der Waals surface area contributed by atoms with Gasteiger partial charge in [-0.2, -0.15) is 0 Å². The molecule has 0 amide bonds. The van der Waals surface area contributed by atoms with Gasteiger partial charge in [-0.15, -0.1) is 0 Å². The molecule has 1 N–H and O–H groups in total. The maximum absolute atomic E-state index is 15.6. The number of benzene rings is 4. The normalized spacial score (nSPS) is 16.0. The summed E-state index contributed by atoms with van der Waals surface area (Å²) in [6, 6.07) is 17.5. The lowest BCUT2D eigenvalue weighted by Crippen LogP contribution is -2.27. The van der Waals surface area contributed by atoms with Crippen LogP contribution in [0, 0.1) is 22.9 Å². The molecule has 226 valence electrons. The van der Waals surface area contributed by atoms with Crippen LogP contribution in [0.25, 0.3) is 22.2 Å². The van der Waals surface area contributed by atoms with Crippen LogP contribution in [-0.2, 0) is 17.8 Å². The summed E-state index contributed by atoms with van der Waals surface area (Å²) in [4.78, 5) is 16.4. The first-order valence-corrected chi connectivity index (χ1v) is 14.3. The lowest BCUT2D eigenvalue weighted by molar-refractivity contribution is 0.0697. The van der Waals surface area contributed by atoms with Gasteiger partial charge in [0.05, 0.1) is 35.9 Å². The summed E-state index contributed by atoms with van der Waals surface area (Å²) in [5, 5.41) is 9.85. The van der Waals surface area contributed by atoms with Crippen molar-refractivity contribution in [1.29, 1.82) is 0 Å². The third kappa shape index (κ3) is 5.77. The minimum absolute atomic E-state index is 0.0253. The number of imidazole rings is 1. The molecule has 0 unspecified atom stereocenters. The molecule has 1 atom stereocenters. The van der Waals surface area contributed by atoms with Gasteiger partial charge in [-0.05, 0) is 65.7 Å². The number of halogens is 4. The molecule has 6 nitrogen and oxygen atoms in total. The van der Waals surface area contributed by atoms with Gasteiger partial charge in [0.25, 0.3) is 0 Å². The van der Waals surface area contributed by atoms with Crippen molar-refractivity contribution in [3.05, 3.63) is 118 Å². The second-order valence-corrected chi connectivity index (χ2v) is 12.0. The number of aromatic nitrogens is 2. The van der Waals surface area contributed by atoms with Crippen LogP contribution in [0.2, 0.25) is 5.02 Å². The van der Waals surface area contributed by atoms with Crippen molar-refractivity contribution in [1.82, 2.24) is 9.55 Å². The van der Waals surface area contributed by atoms with E-state index >= 15 is 8.78 Å². The zero-order valence-corrected chi connectivity index (χ0v) is 24.7. The number of hydrogen-bond donors (Lipinski definition) is 1. The molecule has 2 heterocycles. The van der Waals surface area contributed by atoms with Gasteiger partial charge < -0.3 is 19.1 Å².